The summed E-state index contributed by atoms with van der Waals surface area (Å²) in [5, 5.41) is 0. The Morgan fingerprint density at radius 3 is 2.47 bits per heavy atom. The topological polar surface area (TPSA) is 46.6 Å². The summed E-state index contributed by atoms with van der Waals surface area (Å²) in [6.07, 6.45) is 0.904. The lowest BCUT2D eigenvalue weighted by Crippen LogP contribution is -2.42. The monoisotopic (exact) mass is 261 g/mol. The third-order valence-corrected chi connectivity index (χ3v) is 2.93. The standard InChI is InChI=1S/C15H19NO3/c1-15(2,3)19-14(18)12-9-10-13(17)16(12)11-7-5-4-6-8-11/h4-8,12H,9-10H2,1-3H3/t12-/m0/s1. The van der Waals surface area contributed by atoms with Crippen LogP contribution in [-0.2, 0) is 14.3 Å². The van der Waals surface area contributed by atoms with Crippen LogP contribution in [0.4, 0.5) is 5.69 Å². The number of carbonyl (C=O) groups excluding carboxylic acids is 2. The Labute approximate surface area is 113 Å². The predicted molar refractivity (Wildman–Crippen MR) is 72.8 cm³/mol. The number of hydrogen-bond acceptors (Lipinski definition) is 3. The van der Waals surface area contributed by atoms with Crippen LogP contribution in [0.5, 0.6) is 0 Å². The van der Waals surface area contributed by atoms with Crippen molar-refractivity contribution >= 4 is 17.6 Å². The molecule has 1 amide bonds. The summed E-state index contributed by atoms with van der Waals surface area (Å²) in [4.78, 5) is 25.7. The molecule has 0 unspecified atom stereocenters. The molecule has 1 aromatic rings. The van der Waals surface area contributed by atoms with Crippen LogP contribution in [-0.4, -0.2) is 23.5 Å². The van der Waals surface area contributed by atoms with Crippen molar-refractivity contribution < 1.29 is 14.3 Å². The molecular formula is C15H19NO3. The fourth-order valence-electron chi connectivity index (χ4n) is 2.19. The smallest absolute Gasteiger partial charge is 0.329 e. The molecule has 4 nitrogen and oxygen atoms in total. The summed E-state index contributed by atoms with van der Waals surface area (Å²) in [6.45, 7) is 5.48. The lowest BCUT2D eigenvalue weighted by Gasteiger charge is -2.27. The molecule has 1 atom stereocenters. The minimum absolute atomic E-state index is 0.0259. The van der Waals surface area contributed by atoms with Crippen LogP contribution in [0, 0.1) is 0 Å². The minimum atomic E-state index is -0.537. The summed E-state index contributed by atoms with van der Waals surface area (Å²) < 4.78 is 5.39. The van der Waals surface area contributed by atoms with Crippen LogP contribution in [0.2, 0.25) is 0 Å². The second kappa shape index (κ2) is 5.03. The van der Waals surface area contributed by atoms with Gasteiger partial charge < -0.3 is 4.74 Å². The molecule has 4 heteroatoms. The fourth-order valence-corrected chi connectivity index (χ4v) is 2.19. The highest BCUT2D eigenvalue weighted by atomic mass is 16.6. The summed E-state index contributed by atoms with van der Waals surface area (Å²) in [6, 6.07) is 8.75. The molecule has 0 N–H and O–H groups in total. The van der Waals surface area contributed by atoms with Crippen molar-refractivity contribution in [3.63, 3.8) is 0 Å². The molecule has 1 heterocycles. The van der Waals surface area contributed by atoms with Crippen molar-refractivity contribution in [2.24, 2.45) is 0 Å². The number of hydrogen-bond donors (Lipinski definition) is 0. The highest BCUT2D eigenvalue weighted by Crippen LogP contribution is 2.28. The van der Waals surface area contributed by atoms with Crippen molar-refractivity contribution in [3.8, 4) is 0 Å². The number of ether oxygens (including phenoxy) is 1. The Morgan fingerprint density at radius 2 is 1.89 bits per heavy atom. The van der Waals surface area contributed by atoms with Crippen LogP contribution >= 0.6 is 0 Å². The first-order valence-electron chi connectivity index (χ1n) is 6.48. The summed E-state index contributed by atoms with van der Waals surface area (Å²) in [5.41, 5.74) is 0.214. The molecule has 0 spiro atoms. The zero-order valence-corrected chi connectivity index (χ0v) is 11.6. The van der Waals surface area contributed by atoms with Gasteiger partial charge in [0.05, 0.1) is 0 Å². The number of amides is 1. The molecule has 1 saturated heterocycles. The van der Waals surface area contributed by atoms with Crippen molar-refractivity contribution in [1.29, 1.82) is 0 Å². The van der Waals surface area contributed by atoms with Gasteiger partial charge in [0.1, 0.15) is 11.6 Å². The SMILES string of the molecule is CC(C)(C)OC(=O)[C@@H]1CCC(=O)N1c1ccccc1. The Hall–Kier alpha value is -1.84. The number of nitrogens with zero attached hydrogens (tertiary/aromatic N) is 1. The van der Waals surface area contributed by atoms with Gasteiger partial charge in [0, 0.05) is 12.1 Å². The molecule has 2 rings (SSSR count). The van der Waals surface area contributed by atoms with Crippen LogP contribution in [0.3, 0.4) is 0 Å². The van der Waals surface area contributed by atoms with E-state index in [4.69, 9.17) is 4.74 Å². The second-order valence-electron chi connectivity index (χ2n) is 5.69. The van der Waals surface area contributed by atoms with Crippen molar-refractivity contribution in [2.45, 2.75) is 45.3 Å². The van der Waals surface area contributed by atoms with E-state index in [-0.39, 0.29) is 11.9 Å². The molecule has 1 aromatic carbocycles. The molecule has 19 heavy (non-hydrogen) atoms. The number of benzene rings is 1. The Morgan fingerprint density at radius 1 is 1.26 bits per heavy atom. The Balaban J connectivity index is 2.21. The van der Waals surface area contributed by atoms with Gasteiger partial charge in [0.2, 0.25) is 5.91 Å². The molecule has 1 aliphatic rings. The quantitative estimate of drug-likeness (QED) is 0.768. The first-order chi connectivity index (χ1) is 8.88. The van der Waals surface area contributed by atoms with Gasteiger partial charge in [-0.2, -0.15) is 0 Å². The van der Waals surface area contributed by atoms with E-state index >= 15 is 0 Å². The zero-order valence-electron chi connectivity index (χ0n) is 11.6. The van der Waals surface area contributed by atoms with E-state index in [2.05, 4.69) is 0 Å². The maximum atomic E-state index is 12.2. The lowest BCUT2D eigenvalue weighted by molar-refractivity contribution is -0.156. The number of para-hydroxylation sites is 1. The predicted octanol–water partition coefficient (Wildman–Crippen LogP) is 2.52. The van der Waals surface area contributed by atoms with Gasteiger partial charge in [-0.15, -0.1) is 0 Å². The first kappa shape index (κ1) is 13.6. The molecule has 1 fully saturated rings. The van der Waals surface area contributed by atoms with E-state index in [0.29, 0.717) is 12.8 Å². The average molecular weight is 261 g/mol. The van der Waals surface area contributed by atoms with Crippen LogP contribution in [0.1, 0.15) is 33.6 Å². The van der Waals surface area contributed by atoms with E-state index in [1.54, 1.807) is 4.90 Å². The lowest BCUT2D eigenvalue weighted by atomic mass is 10.1. The number of anilines is 1. The van der Waals surface area contributed by atoms with E-state index in [0.717, 1.165) is 5.69 Å². The summed E-state index contributed by atoms with van der Waals surface area (Å²) in [7, 11) is 0. The molecule has 0 bridgehead atoms. The number of rotatable bonds is 2. The number of esters is 1. The van der Waals surface area contributed by atoms with Crippen LogP contribution < -0.4 is 4.90 Å². The van der Waals surface area contributed by atoms with Gasteiger partial charge in [-0.3, -0.25) is 9.69 Å². The van der Waals surface area contributed by atoms with E-state index < -0.39 is 11.6 Å². The molecule has 0 aromatic heterocycles. The van der Waals surface area contributed by atoms with Gasteiger partial charge in [0.15, 0.2) is 0 Å². The van der Waals surface area contributed by atoms with Crippen molar-refractivity contribution in [1.82, 2.24) is 0 Å². The Bertz CT molecular complexity index is 476. The van der Waals surface area contributed by atoms with Crippen LogP contribution in [0.15, 0.2) is 30.3 Å². The van der Waals surface area contributed by atoms with Crippen molar-refractivity contribution in [2.75, 3.05) is 4.90 Å². The normalized spacial score (nSPS) is 19.6. The van der Waals surface area contributed by atoms with E-state index in [9.17, 15) is 9.59 Å². The second-order valence-corrected chi connectivity index (χ2v) is 5.69. The molecule has 1 aliphatic heterocycles. The molecular weight excluding hydrogens is 242 g/mol. The highest BCUT2D eigenvalue weighted by molar-refractivity contribution is 6.02. The Kier molecular flexibility index (Phi) is 3.60. The third-order valence-electron chi connectivity index (χ3n) is 2.93. The fraction of sp³-hybridized carbons (Fsp3) is 0.467. The maximum Gasteiger partial charge on any atom is 0.329 e. The van der Waals surface area contributed by atoms with Gasteiger partial charge in [-0.1, -0.05) is 18.2 Å². The largest absolute Gasteiger partial charge is 0.458 e. The van der Waals surface area contributed by atoms with Crippen LogP contribution in [0.25, 0.3) is 0 Å². The van der Waals surface area contributed by atoms with Gasteiger partial charge in [-0.25, -0.2) is 4.79 Å². The van der Waals surface area contributed by atoms with Gasteiger partial charge in [-0.05, 0) is 39.3 Å². The molecule has 0 saturated carbocycles. The van der Waals surface area contributed by atoms with Gasteiger partial charge in [0.25, 0.3) is 0 Å². The molecule has 102 valence electrons. The van der Waals surface area contributed by atoms with E-state index in [1.807, 2.05) is 51.1 Å². The highest BCUT2D eigenvalue weighted by Gasteiger charge is 2.39. The third kappa shape index (κ3) is 3.13. The molecule has 0 aliphatic carbocycles. The maximum absolute atomic E-state index is 12.2. The van der Waals surface area contributed by atoms with E-state index in [1.165, 1.54) is 0 Å². The number of carbonyl (C=O) groups is 2. The molecule has 0 radical (unpaired) electrons. The summed E-state index contributed by atoms with van der Waals surface area (Å²) in [5.74, 6) is -0.357. The summed E-state index contributed by atoms with van der Waals surface area (Å²) >= 11 is 0. The zero-order chi connectivity index (χ0) is 14.0. The first-order valence-corrected chi connectivity index (χ1v) is 6.48. The average Bonchev–Trinajstić information content (AvgIpc) is 2.70. The van der Waals surface area contributed by atoms with Crippen molar-refractivity contribution in [3.05, 3.63) is 30.3 Å². The van der Waals surface area contributed by atoms with Gasteiger partial charge >= 0.3 is 5.97 Å². The minimum Gasteiger partial charge on any atom is -0.458 e.